The van der Waals surface area contributed by atoms with Crippen molar-refractivity contribution in [2.75, 3.05) is 6.61 Å². The van der Waals surface area contributed by atoms with Gasteiger partial charge in [0.1, 0.15) is 0 Å². The molecule has 0 radical (unpaired) electrons. The van der Waals surface area contributed by atoms with Crippen LogP contribution in [-0.2, 0) is 4.74 Å². The Kier molecular flexibility index (Phi) is 6.88. The lowest BCUT2D eigenvalue weighted by Crippen LogP contribution is -2.42. The first-order chi connectivity index (χ1) is 6.66. The fourth-order valence-corrected chi connectivity index (χ4v) is 4.42. The van der Waals surface area contributed by atoms with Crippen LogP contribution in [0.25, 0.3) is 0 Å². The topological polar surface area (TPSA) is 26.3 Å². The van der Waals surface area contributed by atoms with Crippen molar-refractivity contribution in [1.82, 2.24) is 0 Å². The first kappa shape index (κ1) is 13.7. The van der Waals surface area contributed by atoms with Crippen molar-refractivity contribution in [1.29, 1.82) is 0 Å². The van der Waals surface area contributed by atoms with Crippen LogP contribution in [0.4, 0.5) is 4.79 Å². The summed E-state index contributed by atoms with van der Waals surface area (Å²) in [7, 11) is -1.73. The molecule has 0 bridgehead atoms. The smallest absolute Gasteiger partial charge is 0.271 e. The van der Waals surface area contributed by atoms with Gasteiger partial charge in [-0.05, 0) is 24.6 Å². The van der Waals surface area contributed by atoms with Crippen molar-refractivity contribution in [3.8, 4) is 0 Å². The van der Waals surface area contributed by atoms with E-state index in [-0.39, 0.29) is 5.59 Å². The summed E-state index contributed by atoms with van der Waals surface area (Å²) in [6, 6.07) is 3.06. The van der Waals surface area contributed by atoms with Crippen LogP contribution in [0.3, 0.4) is 0 Å². The van der Waals surface area contributed by atoms with Crippen LogP contribution in [0.2, 0.25) is 18.1 Å². The molecule has 0 saturated heterocycles. The Bertz CT molecular complexity index is 156. The van der Waals surface area contributed by atoms with Gasteiger partial charge in [-0.2, -0.15) is 0 Å². The van der Waals surface area contributed by atoms with Gasteiger partial charge in [0.25, 0.3) is 5.59 Å². The lowest BCUT2D eigenvalue weighted by atomic mass is 10.4. The molecule has 0 aromatic heterocycles. The number of carbonyl (C=O) groups excluding carboxylic acids is 1. The molecule has 0 spiro atoms. The number of hydrogen-bond acceptors (Lipinski definition) is 2. The molecular formula is C11H24O2Si. The minimum absolute atomic E-state index is 0.137. The maximum atomic E-state index is 11.9. The minimum Gasteiger partial charge on any atom is -0.470 e. The van der Waals surface area contributed by atoms with Gasteiger partial charge in [0.05, 0.1) is 6.61 Å². The first-order valence-electron chi connectivity index (χ1n) is 5.84. The molecule has 14 heavy (non-hydrogen) atoms. The van der Waals surface area contributed by atoms with Gasteiger partial charge in [0.15, 0.2) is 8.07 Å². The molecule has 0 amide bonds. The van der Waals surface area contributed by atoms with E-state index in [4.69, 9.17) is 4.74 Å². The third kappa shape index (κ3) is 3.44. The SMILES string of the molecule is CCCCOC(=O)[Si](CC)(CC)CC. The molecule has 0 rings (SSSR count). The maximum Gasteiger partial charge on any atom is 0.271 e. The third-order valence-corrected chi connectivity index (χ3v) is 8.27. The lowest BCUT2D eigenvalue weighted by molar-refractivity contribution is 0.168. The summed E-state index contributed by atoms with van der Waals surface area (Å²) < 4.78 is 5.34. The molecule has 0 aliphatic rings. The molecule has 0 atom stereocenters. The van der Waals surface area contributed by atoms with E-state index in [0.717, 1.165) is 31.0 Å². The fourth-order valence-electron chi connectivity index (χ4n) is 1.65. The van der Waals surface area contributed by atoms with Crippen molar-refractivity contribution in [2.45, 2.75) is 58.7 Å². The standard InChI is InChI=1S/C11H24O2Si/c1-5-9-10-13-11(12)14(6-2,7-3)8-4/h5-10H2,1-4H3. The predicted molar refractivity (Wildman–Crippen MR) is 63.5 cm³/mol. The molecule has 0 aliphatic carbocycles. The number of unbranched alkanes of at least 4 members (excludes halogenated alkanes) is 1. The summed E-state index contributed by atoms with van der Waals surface area (Å²) in [6.45, 7) is 9.10. The minimum atomic E-state index is -1.73. The average molecular weight is 216 g/mol. The highest BCUT2D eigenvalue weighted by Crippen LogP contribution is 2.22. The summed E-state index contributed by atoms with van der Waals surface area (Å²) >= 11 is 0. The fraction of sp³-hybridized carbons (Fsp3) is 0.909. The highest BCUT2D eigenvalue weighted by molar-refractivity contribution is 7.04. The summed E-state index contributed by atoms with van der Waals surface area (Å²) in [5, 5.41) is 0. The normalized spacial score (nSPS) is 11.4. The molecule has 0 aromatic carbocycles. The van der Waals surface area contributed by atoms with Crippen molar-refractivity contribution < 1.29 is 9.53 Å². The van der Waals surface area contributed by atoms with Crippen molar-refractivity contribution in [3.63, 3.8) is 0 Å². The van der Waals surface area contributed by atoms with Gasteiger partial charge < -0.3 is 4.74 Å². The van der Waals surface area contributed by atoms with Gasteiger partial charge in [-0.25, -0.2) is 0 Å². The van der Waals surface area contributed by atoms with E-state index in [9.17, 15) is 4.79 Å². The van der Waals surface area contributed by atoms with Gasteiger partial charge in [-0.3, -0.25) is 4.79 Å². The van der Waals surface area contributed by atoms with Gasteiger partial charge in [0.2, 0.25) is 0 Å². The second kappa shape index (κ2) is 7.04. The monoisotopic (exact) mass is 216 g/mol. The maximum absolute atomic E-state index is 11.9. The molecule has 0 saturated carbocycles. The first-order valence-corrected chi connectivity index (χ1v) is 8.46. The molecule has 2 nitrogen and oxygen atoms in total. The van der Waals surface area contributed by atoms with Crippen molar-refractivity contribution in [3.05, 3.63) is 0 Å². The zero-order valence-corrected chi connectivity index (χ0v) is 11.1. The second-order valence-electron chi connectivity index (χ2n) is 3.83. The Morgan fingerprint density at radius 3 is 1.93 bits per heavy atom. The second-order valence-corrected chi connectivity index (χ2v) is 8.92. The van der Waals surface area contributed by atoms with Crippen LogP contribution >= 0.6 is 0 Å². The summed E-state index contributed by atoms with van der Waals surface area (Å²) in [4.78, 5) is 11.9. The van der Waals surface area contributed by atoms with E-state index in [1.54, 1.807) is 0 Å². The number of carbonyl (C=O) groups is 1. The van der Waals surface area contributed by atoms with E-state index in [1.807, 2.05) is 0 Å². The quantitative estimate of drug-likeness (QED) is 0.475. The Morgan fingerprint density at radius 2 is 1.57 bits per heavy atom. The Hall–Kier alpha value is -0.313. The molecule has 84 valence electrons. The zero-order chi connectivity index (χ0) is 11.0. The van der Waals surface area contributed by atoms with E-state index >= 15 is 0 Å². The van der Waals surface area contributed by atoms with Gasteiger partial charge in [-0.1, -0.05) is 34.1 Å². The van der Waals surface area contributed by atoms with E-state index in [0.29, 0.717) is 6.61 Å². The van der Waals surface area contributed by atoms with E-state index < -0.39 is 8.07 Å². The molecule has 0 heterocycles. The number of hydrogen-bond donors (Lipinski definition) is 0. The predicted octanol–water partition coefficient (Wildman–Crippen LogP) is 4.01. The van der Waals surface area contributed by atoms with Crippen LogP contribution in [0.15, 0.2) is 0 Å². The van der Waals surface area contributed by atoms with Crippen molar-refractivity contribution in [2.24, 2.45) is 0 Å². The van der Waals surface area contributed by atoms with Crippen LogP contribution in [-0.4, -0.2) is 20.3 Å². The average Bonchev–Trinajstić information content (AvgIpc) is 2.22. The van der Waals surface area contributed by atoms with E-state index in [2.05, 4.69) is 27.7 Å². The molecule has 0 aromatic rings. The largest absolute Gasteiger partial charge is 0.470 e. The molecule has 3 heteroatoms. The summed E-state index contributed by atoms with van der Waals surface area (Å²) in [5.41, 5.74) is 0.137. The number of ether oxygens (including phenoxy) is 1. The van der Waals surface area contributed by atoms with Crippen LogP contribution < -0.4 is 0 Å². The van der Waals surface area contributed by atoms with E-state index in [1.165, 1.54) is 0 Å². The van der Waals surface area contributed by atoms with Gasteiger partial charge >= 0.3 is 0 Å². The number of rotatable bonds is 7. The van der Waals surface area contributed by atoms with Crippen molar-refractivity contribution >= 4 is 13.7 Å². The molecular weight excluding hydrogens is 192 g/mol. The van der Waals surface area contributed by atoms with Crippen LogP contribution in [0.1, 0.15) is 40.5 Å². The summed E-state index contributed by atoms with van der Waals surface area (Å²) in [6.07, 6.45) is 2.08. The highest BCUT2D eigenvalue weighted by atomic mass is 28.3. The highest BCUT2D eigenvalue weighted by Gasteiger charge is 2.37. The molecule has 0 unspecified atom stereocenters. The Balaban J connectivity index is 4.15. The van der Waals surface area contributed by atoms with Gasteiger partial charge in [-0.15, -0.1) is 0 Å². The van der Waals surface area contributed by atoms with Crippen LogP contribution in [0, 0.1) is 0 Å². The Morgan fingerprint density at radius 1 is 1.07 bits per heavy atom. The van der Waals surface area contributed by atoms with Gasteiger partial charge in [0, 0.05) is 0 Å². The molecule has 0 aliphatic heterocycles. The lowest BCUT2D eigenvalue weighted by Gasteiger charge is -2.24. The zero-order valence-electron chi connectivity index (χ0n) is 10.1. The third-order valence-electron chi connectivity index (χ3n) is 3.19. The van der Waals surface area contributed by atoms with Crippen LogP contribution in [0.5, 0.6) is 0 Å². The molecule has 0 fully saturated rings. The molecule has 0 N–H and O–H groups in total. The summed E-state index contributed by atoms with van der Waals surface area (Å²) in [5.74, 6) is 0. The Labute approximate surface area is 89.0 Å².